The number of nitrogens with zero attached hydrogens (tertiary/aromatic N) is 1. The minimum absolute atomic E-state index is 0.0758. The number of amides is 2. The van der Waals surface area contributed by atoms with Crippen LogP contribution in [-0.2, 0) is 14.3 Å². The number of carbonyl (C=O) groups is 2. The Morgan fingerprint density at radius 1 is 1.29 bits per heavy atom. The van der Waals surface area contributed by atoms with E-state index in [1.165, 1.54) is 18.9 Å². The minimum atomic E-state index is -4.45. The summed E-state index contributed by atoms with van der Waals surface area (Å²) in [6.07, 6.45) is -3.79. The predicted molar refractivity (Wildman–Crippen MR) is 70.7 cm³/mol. The van der Waals surface area contributed by atoms with Gasteiger partial charge in [0.2, 0.25) is 11.8 Å². The van der Waals surface area contributed by atoms with Crippen molar-refractivity contribution >= 4 is 11.8 Å². The first kappa shape index (κ1) is 19.7. The van der Waals surface area contributed by atoms with Crippen LogP contribution >= 0.6 is 0 Å². The fourth-order valence-electron chi connectivity index (χ4n) is 1.40. The Morgan fingerprint density at radius 3 is 2.43 bits per heavy atom. The van der Waals surface area contributed by atoms with Gasteiger partial charge in [-0.2, -0.15) is 13.2 Å². The summed E-state index contributed by atoms with van der Waals surface area (Å²) in [6, 6.07) is -0.836. The molecule has 1 atom stereocenters. The maximum absolute atomic E-state index is 12.0. The SMILES string of the molecule is COCCCNC(=O)CN(C)[C@H](C)C(=O)NCC(F)(F)F. The second kappa shape index (κ2) is 9.56. The molecule has 9 heteroatoms. The molecular weight excluding hydrogens is 291 g/mol. The Balaban J connectivity index is 4.05. The molecule has 0 aromatic carbocycles. The zero-order valence-electron chi connectivity index (χ0n) is 12.4. The molecule has 2 N–H and O–H groups in total. The number of rotatable bonds is 9. The van der Waals surface area contributed by atoms with E-state index in [1.807, 2.05) is 0 Å². The van der Waals surface area contributed by atoms with E-state index in [0.717, 1.165) is 0 Å². The van der Waals surface area contributed by atoms with E-state index >= 15 is 0 Å². The molecule has 0 heterocycles. The smallest absolute Gasteiger partial charge is 0.385 e. The molecule has 21 heavy (non-hydrogen) atoms. The second-order valence-electron chi connectivity index (χ2n) is 4.62. The Bertz CT molecular complexity index is 337. The lowest BCUT2D eigenvalue weighted by Gasteiger charge is -2.23. The van der Waals surface area contributed by atoms with Crippen LogP contribution in [0.3, 0.4) is 0 Å². The van der Waals surface area contributed by atoms with Crippen molar-refractivity contribution < 1.29 is 27.5 Å². The Labute approximate surface area is 122 Å². The van der Waals surface area contributed by atoms with Gasteiger partial charge in [-0.15, -0.1) is 0 Å². The van der Waals surface area contributed by atoms with Gasteiger partial charge in [-0.25, -0.2) is 0 Å². The maximum Gasteiger partial charge on any atom is 0.405 e. The van der Waals surface area contributed by atoms with E-state index in [9.17, 15) is 22.8 Å². The average molecular weight is 313 g/mol. The van der Waals surface area contributed by atoms with Crippen LogP contribution in [0.4, 0.5) is 13.2 Å². The van der Waals surface area contributed by atoms with Crippen LogP contribution in [0.25, 0.3) is 0 Å². The van der Waals surface area contributed by atoms with Gasteiger partial charge >= 0.3 is 6.18 Å². The highest BCUT2D eigenvalue weighted by atomic mass is 19.4. The summed E-state index contributed by atoms with van der Waals surface area (Å²) in [6.45, 7) is 0.937. The quantitative estimate of drug-likeness (QED) is 0.594. The highest BCUT2D eigenvalue weighted by molar-refractivity contribution is 5.83. The predicted octanol–water partition coefficient (Wildman–Crippen LogP) is 0.138. The number of carbonyl (C=O) groups excluding carboxylic acids is 2. The maximum atomic E-state index is 12.0. The number of alkyl halides is 3. The zero-order valence-corrected chi connectivity index (χ0v) is 12.4. The fraction of sp³-hybridized carbons (Fsp3) is 0.833. The number of ether oxygens (including phenoxy) is 1. The van der Waals surface area contributed by atoms with Crippen LogP contribution in [0.5, 0.6) is 0 Å². The second-order valence-corrected chi connectivity index (χ2v) is 4.62. The molecule has 0 aliphatic carbocycles. The number of nitrogens with one attached hydrogen (secondary N) is 2. The Morgan fingerprint density at radius 2 is 1.90 bits per heavy atom. The summed E-state index contributed by atoms with van der Waals surface area (Å²) in [5.74, 6) is -1.08. The standard InChI is InChI=1S/C12H22F3N3O3/c1-9(11(20)17-8-12(13,14)15)18(2)7-10(19)16-5-4-6-21-3/h9H,4-8H2,1-3H3,(H,16,19)(H,17,20)/t9-/m1/s1. The van der Waals surface area contributed by atoms with Gasteiger partial charge in [-0.1, -0.05) is 0 Å². The van der Waals surface area contributed by atoms with Crippen LogP contribution in [0.1, 0.15) is 13.3 Å². The van der Waals surface area contributed by atoms with Gasteiger partial charge in [0, 0.05) is 20.3 Å². The van der Waals surface area contributed by atoms with Crippen LogP contribution < -0.4 is 10.6 Å². The van der Waals surface area contributed by atoms with Gasteiger partial charge < -0.3 is 15.4 Å². The molecule has 2 amide bonds. The number of halogens is 3. The monoisotopic (exact) mass is 313 g/mol. The third kappa shape index (κ3) is 10.1. The molecule has 0 saturated carbocycles. The lowest BCUT2D eigenvalue weighted by atomic mass is 10.2. The minimum Gasteiger partial charge on any atom is -0.385 e. The van der Waals surface area contributed by atoms with Crippen molar-refractivity contribution in [2.45, 2.75) is 25.6 Å². The zero-order chi connectivity index (χ0) is 16.5. The van der Waals surface area contributed by atoms with E-state index in [2.05, 4.69) is 5.32 Å². The molecule has 0 radical (unpaired) electrons. The van der Waals surface area contributed by atoms with E-state index in [-0.39, 0.29) is 12.5 Å². The highest BCUT2D eigenvalue weighted by Crippen LogP contribution is 2.12. The van der Waals surface area contributed by atoms with Crippen LogP contribution in [-0.4, -0.2) is 69.3 Å². The molecule has 0 unspecified atom stereocenters. The lowest BCUT2D eigenvalue weighted by Crippen LogP contribution is -2.48. The van der Waals surface area contributed by atoms with Gasteiger partial charge in [0.1, 0.15) is 6.54 Å². The van der Waals surface area contributed by atoms with E-state index in [0.29, 0.717) is 19.6 Å². The summed E-state index contributed by atoms with van der Waals surface area (Å²) >= 11 is 0. The number of likely N-dealkylation sites (N-methyl/N-ethyl adjacent to an activating group) is 1. The van der Waals surface area contributed by atoms with Gasteiger partial charge in [-0.3, -0.25) is 14.5 Å². The molecular formula is C12H22F3N3O3. The van der Waals surface area contributed by atoms with Crippen molar-refractivity contribution in [2.24, 2.45) is 0 Å². The largest absolute Gasteiger partial charge is 0.405 e. The molecule has 0 aromatic rings. The average Bonchev–Trinajstić information content (AvgIpc) is 2.39. The number of hydrogen-bond donors (Lipinski definition) is 2. The number of methoxy groups -OCH3 is 1. The van der Waals surface area contributed by atoms with Gasteiger partial charge in [0.05, 0.1) is 12.6 Å². The van der Waals surface area contributed by atoms with Crippen LogP contribution in [0.2, 0.25) is 0 Å². The molecule has 0 fully saturated rings. The molecule has 0 bridgehead atoms. The van der Waals surface area contributed by atoms with E-state index < -0.39 is 24.7 Å². The van der Waals surface area contributed by atoms with Gasteiger partial charge in [0.25, 0.3) is 0 Å². The summed E-state index contributed by atoms with van der Waals surface area (Å²) in [5.41, 5.74) is 0. The molecule has 0 spiro atoms. The molecule has 0 aromatic heterocycles. The van der Waals surface area contributed by atoms with Gasteiger partial charge in [-0.05, 0) is 20.4 Å². The third-order valence-electron chi connectivity index (χ3n) is 2.74. The summed E-state index contributed by atoms with van der Waals surface area (Å²) < 4.78 is 40.8. The fourth-order valence-corrected chi connectivity index (χ4v) is 1.40. The van der Waals surface area contributed by atoms with Crippen molar-refractivity contribution in [3.05, 3.63) is 0 Å². The topological polar surface area (TPSA) is 70.7 Å². The Hall–Kier alpha value is -1.35. The first-order chi connectivity index (χ1) is 9.67. The van der Waals surface area contributed by atoms with Crippen molar-refractivity contribution in [1.82, 2.24) is 15.5 Å². The van der Waals surface area contributed by atoms with Gasteiger partial charge in [0.15, 0.2) is 0 Å². The van der Waals surface area contributed by atoms with Crippen molar-refractivity contribution in [3.63, 3.8) is 0 Å². The lowest BCUT2D eigenvalue weighted by molar-refractivity contribution is -0.141. The summed E-state index contributed by atoms with van der Waals surface area (Å²) in [7, 11) is 3.05. The summed E-state index contributed by atoms with van der Waals surface area (Å²) in [5, 5.41) is 4.41. The van der Waals surface area contributed by atoms with Crippen LogP contribution in [0.15, 0.2) is 0 Å². The third-order valence-corrected chi connectivity index (χ3v) is 2.74. The molecule has 0 aliphatic rings. The van der Waals surface area contributed by atoms with Crippen molar-refractivity contribution in [1.29, 1.82) is 0 Å². The Kier molecular flexibility index (Phi) is 8.95. The van der Waals surface area contributed by atoms with Crippen molar-refractivity contribution in [3.8, 4) is 0 Å². The normalized spacial score (nSPS) is 13.1. The molecule has 6 nitrogen and oxygen atoms in total. The van der Waals surface area contributed by atoms with Crippen molar-refractivity contribution in [2.75, 3.05) is 40.4 Å². The summed E-state index contributed by atoms with van der Waals surface area (Å²) in [4.78, 5) is 24.4. The molecule has 0 rings (SSSR count). The van der Waals surface area contributed by atoms with E-state index in [4.69, 9.17) is 4.74 Å². The highest BCUT2D eigenvalue weighted by Gasteiger charge is 2.29. The molecule has 0 aliphatic heterocycles. The first-order valence-electron chi connectivity index (χ1n) is 6.47. The first-order valence-corrected chi connectivity index (χ1v) is 6.47. The number of hydrogen-bond acceptors (Lipinski definition) is 4. The molecule has 124 valence electrons. The van der Waals surface area contributed by atoms with Crippen LogP contribution in [0, 0.1) is 0 Å². The van der Waals surface area contributed by atoms with E-state index in [1.54, 1.807) is 12.4 Å². The molecule has 0 saturated heterocycles.